The largest absolute Gasteiger partial charge is 0.480 e. The highest BCUT2D eigenvalue weighted by atomic mass is 16.5. The van der Waals surface area contributed by atoms with E-state index in [0.29, 0.717) is 6.42 Å². The van der Waals surface area contributed by atoms with E-state index in [1.807, 2.05) is 6.92 Å². The van der Waals surface area contributed by atoms with E-state index in [1.165, 1.54) is 6.92 Å². The van der Waals surface area contributed by atoms with E-state index in [9.17, 15) is 9.59 Å². The summed E-state index contributed by atoms with van der Waals surface area (Å²) < 4.78 is 5.30. The molecule has 80 valence electrons. The van der Waals surface area contributed by atoms with Crippen LogP contribution in [0.15, 0.2) is 0 Å². The van der Waals surface area contributed by atoms with E-state index in [2.05, 4.69) is 5.32 Å². The average Bonchev–Trinajstić information content (AvgIpc) is 2.51. The number of hydrogen-bond acceptors (Lipinski definition) is 3. The van der Waals surface area contributed by atoms with Crippen molar-refractivity contribution in [1.29, 1.82) is 0 Å². The van der Waals surface area contributed by atoms with E-state index in [0.717, 1.165) is 6.42 Å². The normalized spacial score (nSPS) is 28.4. The number of ether oxygens (including phenoxy) is 1. The maximum atomic E-state index is 11.4. The first-order valence-corrected chi connectivity index (χ1v) is 4.69. The summed E-state index contributed by atoms with van der Waals surface area (Å²) in [4.78, 5) is 21.9. The molecule has 5 nitrogen and oxygen atoms in total. The molecule has 0 saturated carbocycles. The van der Waals surface area contributed by atoms with Crippen LogP contribution in [0.5, 0.6) is 0 Å². The summed E-state index contributed by atoms with van der Waals surface area (Å²) in [6, 6.07) is -0.859. The molecule has 14 heavy (non-hydrogen) atoms. The second-order valence-corrected chi connectivity index (χ2v) is 3.58. The van der Waals surface area contributed by atoms with Crippen LogP contribution in [0.2, 0.25) is 0 Å². The molecule has 1 amide bonds. The minimum absolute atomic E-state index is 0.0888. The number of amides is 1. The lowest BCUT2D eigenvalue weighted by Gasteiger charge is -2.14. The molecule has 5 heteroatoms. The number of carboxylic acids is 1. The summed E-state index contributed by atoms with van der Waals surface area (Å²) in [5, 5.41) is 10.9. The smallest absolute Gasteiger partial charge is 0.325 e. The van der Waals surface area contributed by atoms with Crippen molar-refractivity contribution in [1.82, 2.24) is 5.32 Å². The van der Waals surface area contributed by atoms with Gasteiger partial charge in [-0.25, -0.2) is 0 Å². The summed E-state index contributed by atoms with van der Waals surface area (Å²) in [7, 11) is 0. The van der Waals surface area contributed by atoms with Gasteiger partial charge in [0.1, 0.15) is 12.1 Å². The minimum atomic E-state index is -1.04. The van der Waals surface area contributed by atoms with Gasteiger partial charge in [-0.1, -0.05) is 0 Å². The molecule has 1 heterocycles. The molecular formula is C9H15NO4. The second kappa shape index (κ2) is 4.41. The number of nitrogens with one attached hydrogen (secondary N) is 1. The van der Waals surface area contributed by atoms with Crippen molar-refractivity contribution in [3.8, 4) is 0 Å². The Labute approximate surface area is 82.4 Å². The molecule has 1 rings (SSSR count). The number of hydrogen-bond donors (Lipinski definition) is 2. The third-order valence-corrected chi connectivity index (χ3v) is 2.25. The zero-order valence-corrected chi connectivity index (χ0v) is 8.32. The van der Waals surface area contributed by atoms with Crippen LogP contribution in [0.3, 0.4) is 0 Å². The number of aliphatic carboxylic acids is 1. The van der Waals surface area contributed by atoms with Crippen LogP contribution in [-0.4, -0.2) is 35.2 Å². The Kier molecular flexibility index (Phi) is 3.46. The van der Waals surface area contributed by atoms with Crippen LogP contribution in [0.1, 0.15) is 26.7 Å². The molecule has 1 saturated heterocycles. The van der Waals surface area contributed by atoms with E-state index in [1.54, 1.807) is 0 Å². The van der Waals surface area contributed by atoms with Crippen LogP contribution in [0.25, 0.3) is 0 Å². The highest BCUT2D eigenvalue weighted by molar-refractivity contribution is 5.86. The average molecular weight is 201 g/mol. The van der Waals surface area contributed by atoms with Crippen molar-refractivity contribution in [2.45, 2.75) is 44.9 Å². The molecular weight excluding hydrogens is 186 g/mol. The Bertz CT molecular complexity index is 241. The lowest BCUT2D eigenvalue weighted by Crippen LogP contribution is -2.43. The summed E-state index contributed by atoms with van der Waals surface area (Å²) in [5.41, 5.74) is 0. The summed E-state index contributed by atoms with van der Waals surface area (Å²) in [6.45, 7) is 3.33. The van der Waals surface area contributed by atoms with Crippen molar-refractivity contribution >= 4 is 11.9 Å². The molecule has 0 unspecified atom stereocenters. The lowest BCUT2D eigenvalue weighted by atomic mass is 10.2. The topological polar surface area (TPSA) is 75.6 Å². The highest BCUT2D eigenvalue weighted by Gasteiger charge is 2.29. The number of carbonyl (C=O) groups is 2. The first kappa shape index (κ1) is 11.0. The van der Waals surface area contributed by atoms with Gasteiger partial charge in [-0.15, -0.1) is 0 Å². The predicted octanol–water partition coefficient (Wildman–Crippen LogP) is 0.143. The van der Waals surface area contributed by atoms with Gasteiger partial charge < -0.3 is 15.2 Å². The second-order valence-electron chi connectivity index (χ2n) is 3.58. The van der Waals surface area contributed by atoms with Crippen LogP contribution >= 0.6 is 0 Å². The van der Waals surface area contributed by atoms with Gasteiger partial charge in [-0.05, 0) is 26.7 Å². The maximum Gasteiger partial charge on any atom is 0.325 e. The predicted molar refractivity (Wildman–Crippen MR) is 48.8 cm³/mol. The van der Waals surface area contributed by atoms with Crippen LogP contribution in [-0.2, 0) is 14.3 Å². The number of carbonyl (C=O) groups excluding carboxylic acids is 1. The maximum absolute atomic E-state index is 11.4. The van der Waals surface area contributed by atoms with E-state index >= 15 is 0 Å². The molecule has 0 aromatic heterocycles. The third kappa shape index (κ3) is 2.70. The van der Waals surface area contributed by atoms with Crippen molar-refractivity contribution < 1.29 is 19.4 Å². The van der Waals surface area contributed by atoms with Gasteiger partial charge in [0.2, 0.25) is 5.91 Å². The van der Waals surface area contributed by atoms with Gasteiger partial charge in [0, 0.05) is 0 Å². The fraction of sp³-hybridized carbons (Fsp3) is 0.778. The number of carboxylic acid groups (broad SMARTS) is 1. The molecule has 0 radical (unpaired) electrons. The Morgan fingerprint density at radius 2 is 2.14 bits per heavy atom. The molecule has 1 aliphatic rings. The molecule has 1 aliphatic heterocycles. The van der Waals surface area contributed by atoms with Crippen molar-refractivity contribution in [3.63, 3.8) is 0 Å². The van der Waals surface area contributed by atoms with Gasteiger partial charge >= 0.3 is 5.97 Å². The quantitative estimate of drug-likeness (QED) is 0.681. The molecule has 2 N–H and O–H groups in total. The minimum Gasteiger partial charge on any atom is -0.480 e. The first-order chi connectivity index (χ1) is 6.50. The number of rotatable bonds is 3. The summed E-state index contributed by atoms with van der Waals surface area (Å²) in [6.07, 6.45) is 1.12. The van der Waals surface area contributed by atoms with Gasteiger partial charge in [0.15, 0.2) is 0 Å². The highest BCUT2D eigenvalue weighted by Crippen LogP contribution is 2.18. The molecule has 0 spiro atoms. The van der Waals surface area contributed by atoms with Crippen LogP contribution in [0.4, 0.5) is 0 Å². The van der Waals surface area contributed by atoms with Crippen LogP contribution in [0, 0.1) is 0 Å². The monoisotopic (exact) mass is 201 g/mol. The molecule has 0 aromatic rings. The zero-order valence-electron chi connectivity index (χ0n) is 8.32. The Morgan fingerprint density at radius 3 is 2.57 bits per heavy atom. The summed E-state index contributed by atoms with van der Waals surface area (Å²) >= 11 is 0. The van der Waals surface area contributed by atoms with Crippen LogP contribution < -0.4 is 5.32 Å². The van der Waals surface area contributed by atoms with Crippen molar-refractivity contribution in [2.24, 2.45) is 0 Å². The fourth-order valence-electron chi connectivity index (χ4n) is 1.36. The van der Waals surface area contributed by atoms with Gasteiger partial charge in [-0.3, -0.25) is 9.59 Å². The molecule has 0 aliphatic carbocycles. The van der Waals surface area contributed by atoms with E-state index in [-0.39, 0.29) is 12.0 Å². The standard InChI is InChI=1S/C9H15NO4/c1-5-3-4-7(14-5)8(11)10-6(2)9(12)13/h5-7H,3-4H2,1-2H3,(H,10,11)(H,12,13)/t5-,6+,7-/m0/s1. The lowest BCUT2D eigenvalue weighted by molar-refractivity contribution is -0.143. The SMILES string of the molecule is C[C@H]1CC[C@@H](C(=O)N[C@H](C)C(=O)O)O1. The van der Waals surface area contributed by atoms with Crippen molar-refractivity contribution in [2.75, 3.05) is 0 Å². The third-order valence-electron chi connectivity index (χ3n) is 2.25. The van der Waals surface area contributed by atoms with Gasteiger partial charge in [0.25, 0.3) is 0 Å². The molecule has 1 fully saturated rings. The van der Waals surface area contributed by atoms with Gasteiger partial charge in [0.05, 0.1) is 6.10 Å². The fourth-order valence-corrected chi connectivity index (χ4v) is 1.36. The Morgan fingerprint density at radius 1 is 1.50 bits per heavy atom. The molecule has 0 aromatic carbocycles. The van der Waals surface area contributed by atoms with E-state index in [4.69, 9.17) is 9.84 Å². The van der Waals surface area contributed by atoms with E-state index < -0.39 is 18.1 Å². The molecule has 0 bridgehead atoms. The molecule has 3 atom stereocenters. The zero-order chi connectivity index (χ0) is 10.7. The summed E-state index contributed by atoms with van der Waals surface area (Å²) in [5.74, 6) is -1.37. The first-order valence-electron chi connectivity index (χ1n) is 4.69. The van der Waals surface area contributed by atoms with Gasteiger partial charge in [-0.2, -0.15) is 0 Å². The van der Waals surface area contributed by atoms with Crippen molar-refractivity contribution in [3.05, 3.63) is 0 Å². The Hall–Kier alpha value is -1.10. The Balaban J connectivity index is 2.39.